The summed E-state index contributed by atoms with van der Waals surface area (Å²) in [6.45, 7) is 0.777. The molecule has 2 N–H and O–H groups in total. The second-order valence-electron chi connectivity index (χ2n) is 4.08. The maximum atomic E-state index is 10.8. The summed E-state index contributed by atoms with van der Waals surface area (Å²) in [4.78, 5) is 10.8. The number of carboxylic acids is 1. The van der Waals surface area contributed by atoms with Crippen LogP contribution in [0.5, 0.6) is 0 Å². The molecule has 0 aliphatic heterocycles. The fourth-order valence-electron chi connectivity index (χ4n) is 1.99. The lowest BCUT2D eigenvalue weighted by molar-refractivity contribution is -0.137. The number of aliphatic carboxylic acids is 1. The molecule has 0 radical (unpaired) electrons. The highest BCUT2D eigenvalue weighted by Crippen LogP contribution is 2.22. The summed E-state index contributed by atoms with van der Waals surface area (Å²) in [7, 11) is 1.89. The van der Waals surface area contributed by atoms with E-state index in [-0.39, 0.29) is 6.54 Å². The Bertz CT molecular complexity index is 584. The highest BCUT2D eigenvalue weighted by Gasteiger charge is 2.07. The molecule has 0 aliphatic rings. The number of hydrogen-bond donors (Lipinski definition) is 2. The van der Waals surface area contributed by atoms with Crippen LogP contribution in [0.1, 0.15) is 5.56 Å². The summed E-state index contributed by atoms with van der Waals surface area (Å²) in [5, 5.41) is 13.0. The molecule has 4 nitrogen and oxygen atoms in total. The molecule has 0 bridgehead atoms. The fraction of sp³-hybridized carbons (Fsp3) is 0.214. The first-order valence-corrected chi connectivity index (χ1v) is 5.83. The third-order valence-electron chi connectivity index (χ3n) is 2.74. The standard InChI is InChI=1S/C14H16N2O2/c1-15-8-4-5-11-9-16(10-14(17)18)13-7-3-2-6-12(11)13/h2-7,9,15H,8,10H2,1H3,(H,17,18). The summed E-state index contributed by atoms with van der Waals surface area (Å²) < 4.78 is 1.76. The van der Waals surface area contributed by atoms with E-state index in [2.05, 4.69) is 5.32 Å². The first kappa shape index (κ1) is 12.4. The lowest BCUT2D eigenvalue weighted by atomic mass is 10.1. The van der Waals surface area contributed by atoms with Gasteiger partial charge in [0.15, 0.2) is 0 Å². The van der Waals surface area contributed by atoms with E-state index in [0.717, 1.165) is 23.0 Å². The van der Waals surface area contributed by atoms with Crippen LogP contribution in [-0.4, -0.2) is 29.2 Å². The monoisotopic (exact) mass is 244 g/mol. The molecule has 0 atom stereocenters. The van der Waals surface area contributed by atoms with Crippen molar-refractivity contribution in [2.75, 3.05) is 13.6 Å². The molecule has 1 aromatic heterocycles. The Hall–Kier alpha value is -2.07. The molecule has 1 aromatic carbocycles. The van der Waals surface area contributed by atoms with Gasteiger partial charge in [0.05, 0.1) is 0 Å². The molecular weight excluding hydrogens is 228 g/mol. The minimum Gasteiger partial charge on any atom is -0.480 e. The Morgan fingerprint density at radius 3 is 2.94 bits per heavy atom. The zero-order valence-corrected chi connectivity index (χ0v) is 10.3. The quantitative estimate of drug-likeness (QED) is 0.845. The maximum Gasteiger partial charge on any atom is 0.323 e. The molecule has 4 heteroatoms. The summed E-state index contributed by atoms with van der Waals surface area (Å²) in [6, 6.07) is 7.82. The van der Waals surface area contributed by atoms with Crippen molar-refractivity contribution in [2.45, 2.75) is 6.54 Å². The van der Waals surface area contributed by atoms with Gasteiger partial charge in [-0.3, -0.25) is 4.79 Å². The van der Waals surface area contributed by atoms with E-state index >= 15 is 0 Å². The normalized spacial score (nSPS) is 11.4. The van der Waals surface area contributed by atoms with Crippen LogP contribution >= 0.6 is 0 Å². The zero-order chi connectivity index (χ0) is 13.0. The van der Waals surface area contributed by atoms with Gasteiger partial charge in [-0.2, -0.15) is 0 Å². The second-order valence-corrected chi connectivity index (χ2v) is 4.08. The van der Waals surface area contributed by atoms with E-state index in [1.54, 1.807) is 4.57 Å². The van der Waals surface area contributed by atoms with Gasteiger partial charge in [-0.15, -0.1) is 0 Å². The largest absolute Gasteiger partial charge is 0.480 e. The van der Waals surface area contributed by atoms with Crippen molar-refractivity contribution in [3.8, 4) is 0 Å². The molecule has 18 heavy (non-hydrogen) atoms. The van der Waals surface area contributed by atoms with Gasteiger partial charge in [-0.25, -0.2) is 0 Å². The Labute approximate surface area is 106 Å². The van der Waals surface area contributed by atoms with E-state index in [4.69, 9.17) is 5.11 Å². The second kappa shape index (κ2) is 5.51. The van der Waals surface area contributed by atoms with E-state index in [9.17, 15) is 4.79 Å². The third kappa shape index (κ3) is 2.60. The number of nitrogens with one attached hydrogen (secondary N) is 1. The summed E-state index contributed by atoms with van der Waals surface area (Å²) in [6.07, 6.45) is 5.91. The van der Waals surface area contributed by atoms with Gasteiger partial charge in [-0.05, 0) is 18.7 Å². The molecule has 0 aliphatic carbocycles. The fourth-order valence-corrected chi connectivity index (χ4v) is 1.99. The van der Waals surface area contributed by atoms with Crippen LogP contribution in [0.4, 0.5) is 0 Å². The Morgan fingerprint density at radius 2 is 2.22 bits per heavy atom. The molecule has 0 saturated carbocycles. The number of aromatic nitrogens is 1. The van der Waals surface area contributed by atoms with Gasteiger partial charge >= 0.3 is 5.97 Å². The van der Waals surface area contributed by atoms with E-state index in [1.165, 1.54) is 0 Å². The molecule has 2 aromatic rings. The van der Waals surface area contributed by atoms with Crippen LogP contribution in [-0.2, 0) is 11.3 Å². The molecule has 1 heterocycles. The van der Waals surface area contributed by atoms with Gasteiger partial charge < -0.3 is 15.0 Å². The molecule has 0 unspecified atom stereocenters. The number of para-hydroxylation sites is 1. The highest BCUT2D eigenvalue weighted by atomic mass is 16.4. The predicted molar refractivity (Wildman–Crippen MR) is 72.5 cm³/mol. The lowest BCUT2D eigenvalue weighted by Gasteiger charge is -1.99. The van der Waals surface area contributed by atoms with Gasteiger partial charge in [0.1, 0.15) is 6.54 Å². The van der Waals surface area contributed by atoms with Crippen LogP contribution < -0.4 is 5.32 Å². The van der Waals surface area contributed by atoms with Crippen LogP contribution in [0.2, 0.25) is 0 Å². The lowest BCUT2D eigenvalue weighted by Crippen LogP contribution is -2.07. The van der Waals surface area contributed by atoms with Crippen LogP contribution in [0, 0.1) is 0 Å². The summed E-state index contributed by atoms with van der Waals surface area (Å²) in [5.41, 5.74) is 1.99. The van der Waals surface area contributed by atoms with Gasteiger partial charge in [0.2, 0.25) is 0 Å². The molecule has 0 saturated heterocycles. The van der Waals surface area contributed by atoms with Crippen molar-refractivity contribution in [1.29, 1.82) is 0 Å². The van der Waals surface area contributed by atoms with Gasteiger partial charge in [-0.1, -0.05) is 30.4 Å². The number of likely N-dealkylation sites (N-methyl/N-ethyl adjacent to an activating group) is 1. The predicted octanol–water partition coefficient (Wildman–Crippen LogP) is 1.96. The number of rotatable bonds is 5. The first-order chi connectivity index (χ1) is 8.72. The zero-order valence-electron chi connectivity index (χ0n) is 10.3. The first-order valence-electron chi connectivity index (χ1n) is 5.83. The summed E-state index contributed by atoms with van der Waals surface area (Å²) in [5.74, 6) is -0.832. The van der Waals surface area contributed by atoms with E-state index in [1.807, 2.05) is 49.7 Å². The van der Waals surface area contributed by atoms with Crippen LogP contribution in [0.15, 0.2) is 36.5 Å². The SMILES string of the molecule is CNCC=Cc1cn(CC(=O)O)c2ccccc12. The Balaban J connectivity index is 2.43. The average Bonchev–Trinajstić information content (AvgIpc) is 2.68. The number of fused-ring (bicyclic) bond motifs is 1. The number of benzene rings is 1. The average molecular weight is 244 g/mol. The Kier molecular flexibility index (Phi) is 3.79. The van der Waals surface area contributed by atoms with Crippen LogP contribution in [0.3, 0.4) is 0 Å². The molecule has 0 amide bonds. The van der Waals surface area contributed by atoms with E-state index in [0.29, 0.717) is 0 Å². The molecule has 94 valence electrons. The molecule has 2 rings (SSSR count). The highest BCUT2D eigenvalue weighted by molar-refractivity contribution is 5.90. The van der Waals surface area contributed by atoms with Crippen molar-refractivity contribution in [3.63, 3.8) is 0 Å². The number of hydrogen-bond acceptors (Lipinski definition) is 2. The Morgan fingerprint density at radius 1 is 1.44 bits per heavy atom. The summed E-state index contributed by atoms with van der Waals surface area (Å²) >= 11 is 0. The third-order valence-corrected chi connectivity index (χ3v) is 2.74. The van der Waals surface area contributed by atoms with E-state index < -0.39 is 5.97 Å². The molecule has 0 fully saturated rings. The van der Waals surface area contributed by atoms with Crippen molar-refractivity contribution < 1.29 is 9.90 Å². The van der Waals surface area contributed by atoms with Gasteiger partial charge in [0, 0.05) is 23.6 Å². The minimum absolute atomic E-state index is 0.0135. The number of carbonyl (C=O) groups is 1. The maximum absolute atomic E-state index is 10.8. The molecular formula is C14H16N2O2. The van der Waals surface area contributed by atoms with Gasteiger partial charge in [0.25, 0.3) is 0 Å². The number of nitrogens with zero attached hydrogens (tertiary/aromatic N) is 1. The van der Waals surface area contributed by atoms with Crippen LogP contribution in [0.25, 0.3) is 17.0 Å². The van der Waals surface area contributed by atoms with Crippen molar-refractivity contribution in [3.05, 3.63) is 42.1 Å². The van der Waals surface area contributed by atoms with Crippen molar-refractivity contribution >= 4 is 22.9 Å². The molecule has 0 spiro atoms. The van der Waals surface area contributed by atoms with Crippen molar-refractivity contribution in [1.82, 2.24) is 9.88 Å². The van der Waals surface area contributed by atoms with Crippen molar-refractivity contribution in [2.24, 2.45) is 0 Å². The smallest absolute Gasteiger partial charge is 0.323 e. The number of carboxylic acid groups (broad SMARTS) is 1. The minimum atomic E-state index is -0.832. The topological polar surface area (TPSA) is 54.3 Å².